The molecule has 0 bridgehead atoms. The molecule has 48 heavy (non-hydrogen) atoms. The largest absolute Gasteiger partial charge is 0.460 e. The standard InChI is InChI=1S/C41H51NO6/c1-27-29-12-13-32-39(4,30(29)24-31(43)34(27)48-36(45)42-20-22-46-23-21-42)17-19-41(6)33-25-38(3,15-14-37(33,2)16-18-40(32,41)5)35(44)47-26-28-10-8-7-9-11-28/h7-13,24,33H,14-23,25-26H2,1-6H3/t33-,37-,38-,39+,40-,41+/m1/s1. The number of nitrogens with zero attached hydrogens (tertiary/aromatic N) is 1. The van der Waals surface area contributed by atoms with E-state index in [-0.39, 0.29) is 39.2 Å². The van der Waals surface area contributed by atoms with Gasteiger partial charge in [-0.15, -0.1) is 0 Å². The van der Waals surface area contributed by atoms with Crippen molar-refractivity contribution in [2.75, 3.05) is 26.3 Å². The van der Waals surface area contributed by atoms with Crippen LogP contribution in [0, 0.1) is 33.0 Å². The lowest BCUT2D eigenvalue weighted by Crippen LogP contribution is -2.62. The Kier molecular flexibility index (Phi) is 7.97. The van der Waals surface area contributed by atoms with Gasteiger partial charge in [0, 0.05) is 24.1 Å². The Morgan fingerprint density at radius 1 is 0.917 bits per heavy atom. The normalized spacial score (nSPS) is 37.5. The Morgan fingerprint density at radius 2 is 1.62 bits per heavy atom. The Bertz CT molecular complexity index is 1660. The molecule has 7 nitrogen and oxygen atoms in total. The second-order valence-corrected chi connectivity index (χ2v) is 16.6. The molecule has 0 unspecified atom stereocenters. The second-order valence-electron chi connectivity index (χ2n) is 16.6. The molecule has 1 aromatic rings. The molecule has 4 fully saturated rings. The summed E-state index contributed by atoms with van der Waals surface area (Å²) in [5, 5.41) is 0. The van der Waals surface area contributed by atoms with Gasteiger partial charge in [0.25, 0.3) is 0 Å². The smallest absolute Gasteiger partial charge is 0.415 e. The van der Waals surface area contributed by atoms with Crippen LogP contribution in [0.4, 0.5) is 4.79 Å². The van der Waals surface area contributed by atoms with E-state index in [1.165, 1.54) is 5.57 Å². The van der Waals surface area contributed by atoms with Crippen LogP contribution in [0.2, 0.25) is 0 Å². The van der Waals surface area contributed by atoms with Gasteiger partial charge in [0.1, 0.15) is 6.61 Å². The van der Waals surface area contributed by atoms with Crippen molar-refractivity contribution < 1.29 is 28.6 Å². The number of carbonyl (C=O) groups is 3. The molecule has 6 aliphatic rings. The first-order valence-corrected chi connectivity index (χ1v) is 17.9. The van der Waals surface area contributed by atoms with E-state index in [2.05, 4.69) is 46.8 Å². The molecule has 0 radical (unpaired) electrons. The number of rotatable bonds is 4. The van der Waals surface area contributed by atoms with Crippen molar-refractivity contribution in [3.8, 4) is 0 Å². The molecule has 256 valence electrons. The minimum absolute atomic E-state index is 0.0267. The van der Waals surface area contributed by atoms with Crippen LogP contribution in [0.15, 0.2) is 76.6 Å². The van der Waals surface area contributed by atoms with E-state index in [9.17, 15) is 14.4 Å². The van der Waals surface area contributed by atoms with E-state index < -0.39 is 11.5 Å². The third kappa shape index (κ3) is 4.97. The summed E-state index contributed by atoms with van der Waals surface area (Å²) in [5.41, 5.74) is 4.36. The SMILES string of the molecule is CC1=C(OC(=O)N2CCOCC2)C(=O)C=C2C1=CC=C1[C@@]2(C)CC[C@@]2(C)[C@@H]3C[C@](C)(C(=O)OCc4ccccc4)CC[C@]3(C)CC[C@]12C. The Hall–Kier alpha value is -3.45. The quantitative estimate of drug-likeness (QED) is 0.304. The maximum absolute atomic E-state index is 13.8. The monoisotopic (exact) mass is 653 g/mol. The summed E-state index contributed by atoms with van der Waals surface area (Å²) < 4.78 is 17.1. The van der Waals surface area contributed by atoms with Crippen molar-refractivity contribution in [1.82, 2.24) is 4.90 Å². The Balaban J connectivity index is 1.18. The van der Waals surface area contributed by atoms with Crippen molar-refractivity contribution in [3.63, 3.8) is 0 Å². The molecule has 3 saturated carbocycles. The summed E-state index contributed by atoms with van der Waals surface area (Å²) >= 11 is 0. The van der Waals surface area contributed by atoms with Gasteiger partial charge in [-0.1, -0.05) is 75.8 Å². The van der Waals surface area contributed by atoms with Crippen LogP contribution in [0.3, 0.4) is 0 Å². The first kappa shape index (κ1) is 33.1. The van der Waals surface area contributed by atoms with Crippen molar-refractivity contribution in [2.45, 2.75) is 93.1 Å². The Morgan fingerprint density at radius 3 is 2.35 bits per heavy atom. The summed E-state index contributed by atoms with van der Waals surface area (Å²) in [7, 11) is 0. The molecule has 0 N–H and O–H groups in total. The summed E-state index contributed by atoms with van der Waals surface area (Å²) in [4.78, 5) is 42.0. The molecular formula is C41H51NO6. The summed E-state index contributed by atoms with van der Waals surface area (Å²) in [6.45, 7) is 15.9. The highest BCUT2D eigenvalue weighted by Crippen LogP contribution is 2.75. The van der Waals surface area contributed by atoms with Gasteiger partial charge < -0.3 is 19.1 Å². The number of carbonyl (C=O) groups excluding carboxylic acids is 3. The molecule has 1 aromatic carbocycles. The number of fused-ring (bicyclic) bond motifs is 7. The molecule has 1 heterocycles. The van der Waals surface area contributed by atoms with Crippen LogP contribution < -0.4 is 0 Å². The van der Waals surface area contributed by atoms with Crippen LogP contribution in [-0.4, -0.2) is 49.0 Å². The van der Waals surface area contributed by atoms with Crippen LogP contribution in [-0.2, 0) is 30.4 Å². The zero-order valence-corrected chi connectivity index (χ0v) is 29.6. The summed E-state index contributed by atoms with van der Waals surface area (Å²) in [5.74, 6) is 0.170. The van der Waals surface area contributed by atoms with Crippen molar-refractivity contribution in [3.05, 3.63) is 82.2 Å². The maximum Gasteiger partial charge on any atom is 0.415 e. The zero-order chi connectivity index (χ0) is 34.1. The lowest BCUT2D eigenvalue weighted by molar-refractivity contribution is -0.183. The van der Waals surface area contributed by atoms with Gasteiger partial charge in [-0.2, -0.15) is 0 Å². The summed E-state index contributed by atoms with van der Waals surface area (Å²) in [6, 6.07) is 9.94. The van der Waals surface area contributed by atoms with E-state index in [4.69, 9.17) is 14.2 Å². The number of benzene rings is 1. The van der Waals surface area contributed by atoms with E-state index in [0.29, 0.717) is 38.8 Å². The van der Waals surface area contributed by atoms with Gasteiger partial charge in [0.2, 0.25) is 5.78 Å². The number of hydrogen-bond donors (Lipinski definition) is 0. The van der Waals surface area contributed by atoms with Gasteiger partial charge in [0.05, 0.1) is 18.6 Å². The van der Waals surface area contributed by atoms with Crippen LogP contribution in [0.5, 0.6) is 0 Å². The highest BCUT2D eigenvalue weighted by molar-refractivity contribution is 6.08. The van der Waals surface area contributed by atoms with E-state index in [0.717, 1.165) is 67.2 Å². The van der Waals surface area contributed by atoms with Gasteiger partial charge in [-0.3, -0.25) is 9.59 Å². The van der Waals surface area contributed by atoms with Gasteiger partial charge in [-0.25, -0.2) is 4.79 Å². The van der Waals surface area contributed by atoms with Crippen molar-refractivity contribution in [1.29, 1.82) is 0 Å². The molecule has 0 spiro atoms. The highest BCUT2D eigenvalue weighted by Gasteiger charge is 2.67. The van der Waals surface area contributed by atoms with Crippen LogP contribution in [0.25, 0.3) is 0 Å². The third-order valence-electron chi connectivity index (χ3n) is 14.0. The van der Waals surface area contributed by atoms with Crippen molar-refractivity contribution >= 4 is 17.8 Å². The lowest BCUT2D eigenvalue weighted by Gasteiger charge is -2.70. The number of morpholine rings is 1. The summed E-state index contributed by atoms with van der Waals surface area (Å²) in [6.07, 6.45) is 12.5. The fourth-order valence-corrected chi connectivity index (χ4v) is 10.6. The van der Waals surface area contributed by atoms with Gasteiger partial charge in [0.15, 0.2) is 5.76 Å². The average molecular weight is 654 g/mol. The highest BCUT2D eigenvalue weighted by atomic mass is 16.6. The van der Waals surface area contributed by atoms with Crippen LogP contribution in [0.1, 0.15) is 92.1 Å². The van der Waals surface area contributed by atoms with Gasteiger partial charge in [-0.05, 0) is 104 Å². The maximum atomic E-state index is 13.8. The number of ketones is 1. The molecule has 1 amide bonds. The molecule has 1 saturated heterocycles. The number of allylic oxidation sites excluding steroid dienone is 7. The fourth-order valence-electron chi connectivity index (χ4n) is 10.6. The predicted octanol–water partition coefficient (Wildman–Crippen LogP) is 8.27. The first-order valence-electron chi connectivity index (χ1n) is 17.9. The van der Waals surface area contributed by atoms with E-state index >= 15 is 0 Å². The van der Waals surface area contributed by atoms with Crippen LogP contribution >= 0.6 is 0 Å². The first-order chi connectivity index (χ1) is 22.7. The molecule has 7 heteroatoms. The molecule has 5 aliphatic carbocycles. The molecule has 6 atom stereocenters. The van der Waals surface area contributed by atoms with E-state index in [1.807, 2.05) is 37.3 Å². The molecule has 1 aliphatic heterocycles. The van der Waals surface area contributed by atoms with Gasteiger partial charge >= 0.3 is 12.1 Å². The van der Waals surface area contributed by atoms with E-state index in [1.54, 1.807) is 11.0 Å². The number of esters is 1. The second kappa shape index (κ2) is 11.6. The third-order valence-corrected chi connectivity index (χ3v) is 14.0. The topological polar surface area (TPSA) is 82.1 Å². The molecule has 0 aromatic heterocycles. The number of amides is 1. The lowest BCUT2D eigenvalue weighted by atomic mass is 9.34. The number of hydrogen-bond acceptors (Lipinski definition) is 6. The average Bonchev–Trinajstić information content (AvgIpc) is 3.08. The number of ether oxygens (including phenoxy) is 3. The van der Waals surface area contributed by atoms with Crippen molar-refractivity contribution in [2.24, 2.45) is 33.0 Å². The Labute approximate surface area is 285 Å². The molecule has 7 rings (SSSR count). The minimum atomic E-state index is -0.524. The fraction of sp³-hybridized carbons (Fsp3) is 0.585. The zero-order valence-electron chi connectivity index (χ0n) is 29.6. The molecular weight excluding hydrogens is 602 g/mol. The predicted molar refractivity (Wildman–Crippen MR) is 183 cm³/mol. The minimum Gasteiger partial charge on any atom is -0.460 e.